The highest BCUT2D eigenvalue weighted by Gasteiger charge is 2.26. The van der Waals surface area contributed by atoms with Gasteiger partial charge in [0, 0.05) is 31.2 Å². The smallest absolute Gasteiger partial charge is 0.251 e. The Morgan fingerprint density at radius 3 is 2.70 bits per heavy atom. The molecule has 0 radical (unpaired) electrons. The van der Waals surface area contributed by atoms with Crippen LogP contribution in [0.15, 0.2) is 29.2 Å². The van der Waals surface area contributed by atoms with E-state index in [9.17, 15) is 13.2 Å². The number of hydrogen-bond donors (Lipinski definition) is 2. The van der Waals surface area contributed by atoms with E-state index in [1.165, 1.54) is 10.4 Å². The normalized spacial score (nSPS) is 22.9. The van der Waals surface area contributed by atoms with Crippen LogP contribution in [0.5, 0.6) is 0 Å². The fourth-order valence-electron chi connectivity index (χ4n) is 3.10. The van der Waals surface area contributed by atoms with Crippen LogP contribution in [0.2, 0.25) is 0 Å². The van der Waals surface area contributed by atoms with Gasteiger partial charge in [0.15, 0.2) is 0 Å². The number of amides is 1. The molecule has 0 aliphatic carbocycles. The number of sulfonamides is 1. The lowest BCUT2D eigenvalue weighted by Crippen LogP contribution is -2.37. The topological polar surface area (TPSA) is 78.5 Å². The van der Waals surface area contributed by atoms with Crippen LogP contribution in [0, 0.1) is 0 Å². The number of carbonyl (C=O) groups is 1. The highest BCUT2D eigenvalue weighted by Crippen LogP contribution is 2.21. The highest BCUT2D eigenvalue weighted by molar-refractivity contribution is 7.89. The van der Waals surface area contributed by atoms with E-state index in [4.69, 9.17) is 0 Å². The third kappa shape index (κ3) is 3.73. The van der Waals surface area contributed by atoms with Crippen molar-refractivity contribution in [2.24, 2.45) is 0 Å². The third-order valence-corrected chi connectivity index (χ3v) is 6.34. The van der Waals surface area contributed by atoms with Crippen molar-refractivity contribution in [3.63, 3.8) is 0 Å². The molecule has 23 heavy (non-hydrogen) atoms. The average Bonchev–Trinajstić information content (AvgIpc) is 3.09. The molecule has 0 aromatic heterocycles. The van der Waals surface area contributed by atoms with E-state index in [0.29, 0.717) is 18.7 Å². The molecule has 2 aliphatic rings. The minimum Gasteiger partial charge on any atom is -0.348 e. The summed E-state index contributed by atoms with van der Waals surface area (Å²) in [4.78, 5) is 12.5. The summed E-state index contributed by atoms with van der Waals surface area (Å²) in [6.07, 6.45) is 3.77. The molecule has 1 amide bonds. The molecule has 2 heterocycles. The second-order valence-corrected chi connectivity index (χ2v) is 8.09. The number of nitrogens with one attached hydrogen (secondary N) is 2. The Morgan fingerprint density at radius 2 is 2.00 bits per heavy atom. The monoisotopic (exact) mass is 337 g/mol. The molecule has 1 unspecified atom stereocenters. The van der Waals surface area contributed by atoms with Gasteiger partial charge in [0.05, 0.1) is 4.90 Å². The minimum absolute atomic E-state index is 0.116. The predicted octanol–water partition coefficient (Wildman–Crippen LogP) is 0.953. The first-order valence-electron chi connectivity index (χ1n) is 8.19. The summed E-state index contributed by atoms with van der Waals surface area (Å²) in [7, 11) is -3.50. The fourth-order valence-corrected chi connectivity index (χ4v) is 4.66. The second-order valence-electron chi connectivity index (χ2n) is 6.16. The quantitative estimate of drug-likeness (QED) is 0.857. The van der Waals surface area contributed by atoms with Crippen LogP contribution in [0.25, 0.3) is 0 Å². The summed E-state index contributed by atoms with van der Waals surface area (Å²) in [6, 6.07) is 6.47. The first-order chi connectivity index (χ1) is 11.1. The molecule has 1 aromatic rings. The van der Waals surface area contributed by atoms with E-state index < -0.39 is 10.0 Å². The van der Waals surface area contributed by atoms with Gasteiger partial charge >= 0.3 is 0 Å². The van der Waals surface area contributed by atoms with Crippen molar-refractivity contribution in [3.8, 4) is 0 Å². The van der Waals surface area contributed by atoms with Crippen LogP contribution < -0.4 is 10.6 Å². The van der Waals surface area contributed by atoms with Crippen LogP contribution in [0.4, 0.5) is 0 Å². The van der Waals surface area contributed by atoms with Crippen molar-refractivity contribution in [2.45, 2.75) is 36.6 Å². The summed E-state index contributed by atoms with van der Waals surface area (Å²) < 4.78 is 26.9. The molecule has 0 bridgehead atoms. The van der Waals surface area contributed by atoms with Crippen molar-refractivity contribution in [3.05, 3.63) is 29.8 Å². The van der Waals surface area contributed by atoms with Gasteiger partial charge in [-0.15, -0.1) is 0 Å². The van der Waals surface area contributed by atoms with E-state index in [0.717, 1.165) is 38.8 Å². The Hall–Kier alpha value is -1.44. The summed E-state index contributed by atoms with van der Waals surface area (Å²) in [5.41, 5.74) is 0.398. The predicted molar refractivity (Wildman–Crippen MR) is 87.8 cm³/mol. The molecule has 1 atom stereocenters. The lowest BCUT2D eigenvalue weighted by atomic mass is 10.2. The maximum absolute atomic E-state index is 12.7. The van der Waals surface area contributed by atoms with Crippen molar-refractivity contribution in [1.29, 1.82) is 0 Å². The van der Waals surface area contributed by atoms with Crippen molar-refractivity contribution in [2.75, 3.05) is 26.2 Å². The molecule has 2 N–H and O–H groups in total. The molecule has 3 rings (SSSR count). The van der Waals surface area contributed by atoms with Gasteiger partial charge in [0.25, 0.3) is 5.91 Å². The Kier molecular flexibility index (Phi) is 4.99. The van der Waals surface area contributed by atoms with Crippen molar-refractivity contribution in [1.82, 2.24) is 14.9 Å². The minimum atomic E-state index is -3.50. The molecule has 7 heteroatoms. The third-order valence-electron chi connectivity index (χ3n) is 4.44. The molecule has 2 saturated heterocycles. The molecule has 2 fully saturated rings. The fraction of sp³-hybridized carbons (Fsp3) is 0.562. The van der Waals surface area contributed by atoms with Gasteiger partial charge in [-0.2, -0.15) is 4.31 Å². The van der Waals surface area contributed by atoms with Crippen LogP contribution in [0.3, 0.4) is 0 Å². The molecule has 0 spiro atoms. The van der Waals surface area contributed by atoms with Gasteiger partial charge < -0.3 is 10.6 Å². The zero-order valence-corrected chi connectivity index (χ0v) is 13.9. The molecular formula is C16H23N3O3S. The number of nitrogens with zero attached hydrogens (tertiary/aromatic N) is 1. The zero-order valence-electron chi connectivity index (χ0n) is 13.1. The maximum atomic E-state index is 12.7. The lowest BCUT2D eigenvalue weighted by Gasteiger charge is -2.26. The van der Waals surface area contributed by atoms with Gasteiger partial charge in [0.1, 0.15) is 0 Å². The van der Waals surface area contributed by atoms with Gasteiger partial charge in [0.2, 0.25) is 10.0 Å². The molecular weight excluding hydrogens is 314 g/mol. The van der Waals surface area contributed by atoms with E-state index in [-0.39, 0.29) is 16.8 Å². The standard InChI is InChI=1S/C16H23N3O3S/c20-16(18-14-7-8-17-12-14)13-5-4-6-15(11-13)23(21,22)19-9-2-1-3-10-19/h4-6,11,14,17H,1-3,7-10,12H2,(H,18,20). The van der Waals surface area contributed by atoms with E-state index in [2.05, 4.69) is 10.6 Å². The van der Waals surface area contributed by atoms with E-state index >= 15 is 0 Å². The summed E-state index contributed by atoms with van der Waals surface area (Å²) in [6.45, 7) is 2.78. The SMILES string of the molecule is O=C(NC1CCNC1)c1cccc(S(=O)(=O)N2CCCCC2)c1. The molecule has 126 valence electrons. The Morgan fingerprint density at radius 1 is 1.22 bits per heavy atom. The Labute approximate surface area is 137 Å². The van der Waals surface area contributed by atoms with Crippen molar-refractivity contribution >= 4 is 15.9 Å². The van der Waals surface area contributed by atoms with E-state index in [1.54, 1.807) is 18.2 Å². The number of hydrogen-bond acceptors (Lipinski definition) is 4. The van der Waals surface area contributed by atoms with Gasteiger partial charge in [-0.3, -0.25) is 4.79 Å². The van der Waals surface area contributed by atoms with Crippen LogP contribution in [-0.4, -0.2) is 50.9 Å². The average molecular weight is 337 g/mol. The number of benzene rings is 1. The highest BCUT2D eigenvalue weighted by atomic mass is 32.2. The largest absolute Gasteiger partial charge is 0.348 e. The molecule has 6 nitrogen and oxygen atoms in total. The first-order valence-corrected chi connectivity index (χ1v) is 9.63. The summed E-state index contributed by atoms with van der Waals surface area (Å²) >= 11 is 0. The first kappa shape index (κ1) is 16.4. The molecule has 2 aliphatic heterocycles. The lowest BCUT2D eigenvalue weighted by molar-refractivity contribution is 0.0940. The molecule has 1 aromatic carbocycles. The van der Waals surface area contributed by atoms with Gasteiger partial charge in [-0.05, 0) is 44.0 Å². The van der Waals surface area contributed by atoms with Crippen molar-refractivity contribution < 1.29 is 13.2 Å². The number of rotatable bonds is 4. The van der Waals surface area contributed by atoms with Crippen LogP contribution in [0.1, 0.15) is 36.0 Å². The Balaban J connectivity index is 1.77. The van der Waals surface area contributed by atoms with Gasteiger partial charge in [-0.1, -0.05) is 12.5 Å². The number of carbonyl (C=O) groups excluding carboxylic acids is 1. The molecule has 0 saturated carbocycles. The van der Waals surface area contributed by atoms with Gasteiger partial charge in [-0.25, -0.2) is 8.42 Å². The Bertz CT molecular complexity index is 663. The number of piperidine rings is 1. The van der Waals surface area contributed by atoms with Crippen LogP contribution in [-0.2, 0) is 10.0 Å². The zero-order chi connectivity index (χ0) is 16.3. The van der Waals surface area contributed by atoms with Crippen LogP contribution >= 0.6 is 0 Å². The van der Waals surface area contributed by atoms with E-state index in [1.807, 2.05) is 0 Å². The second kappa shape index (κ2) is 6.98. The maximum Gasteiger partial charge on any atom is 0.251 e. The summed E-state index contributed by atoms with van der Waals surface area (Å²) in [5.74, 6) is -0.214. The summed E-state index contributed by atoms with van der Waals surface area (Å²) in [5, 5.41) is 6.13.